The van der Waals surface area contributed by atoms with E-state index in [1.54, 1.807) is 0 Å². The van der Waals surface area contributed by atoms with Crippen molar-refractivity contribution in [2.75, 3.05) is 6.61 Å². The van der Waals surface area contributed by atoms with Gasteiger partial charge in [0.15, 0.2) is 0 Å². The minimum Gasteiger partial charge on any atom is -0.494 e. The molecule has 0 aromatic heterocycles. The van der Waals surface area contributed by atoms with Crippen LogP contribution in [0.1, 0.15) is 48.5 Å². The van der Waals surface area contributed by atoms with Crippen LogP contribution in [-0.4, -0.2) is 18.6 Å². The van der Waals surface area contributed by atoms with Crippen LogP contribution in [0, 0.1) is 6.92 Å². The Morgan fingerprint density at radius 2 is 2.11 bits per heavy atom. The van der Waals surface area contributed by atoms with Gasteiger partial charge in [0.05, 0.1) is 6.61 Å². The average Bonchev–Trinajstić information content (AvgIpc) is 2.84. The van der Waals surface area contributed by atoms with Crippen molar-refractivity contribution in [2.45, 2.75) is 45.6 Å². The van der Waals surface area contributed by atoms with Crippen molar-refractivity contribution in [3.8, 4) is 5.75 Å². The summed E-state index contributed by atoms with van der Waals surface area (Å²) < 4.78 is 5.47. The van der Waals surface area contributed by atoms with Gasteiger partial charge < -0.3 is 10.1 Å². The number of carbonyl (C=O) groups is 1. The van der Waals surface area contributed by atoms with Crippen LogP contribution >= 0.6 is 0 Å². The molecule has 0 aliphatic heterocycles. The van der Waals surface area contributed by atoms with Gasteiger partial charge in [0.1, 0.15) is 5.75 Å². The van der Waals surface area contributed by atoms with Crippen LogP contribution in [0.4, 0.5) is 0 Å². The van der Waals surface area contributed by atoms with Gasteiger partial charge in [0.2, 0.25) is 0 Å². The molecule has 1 saturated carbocycles. The lowest BCUT2D eigenvalue weighted by Gasteiger charge is -2.13. The maximum Gasteiger partial charge on any atom is 0.251 e. The third-order valence-electron chi connectivity index (χ3n) is 3.43. The van der Waals surface area contributed by atoms with Crippen molar-refractivity contribution in [3.63, 3.8) is 0 Å². The third-order valence-corrected chi connectivity index (χ3v) is 3.43. The summed E-state index contributed by atoms with van der Waals surface area (Å²) in [4.78, 5) is 12.1. The molecule has 98 valence electrons. The molecular formula is C15H21NO2. The first-order valence-corrected chi connectivity index (χ1v) is 6.75. The molecule has 2 rings (SSSR count). The van der Waals surface area contributed by atoms with Crippen molar-refractivity contribution < 1.29 is 9.53 Å². The van der Waals surface area contributed by atoms with Crippen LogP contribution in [0.2, 0.25) is 0 Å². The van der Waals surface area contributed by atoms with Crippen molar-refractivity contribution >= 4 is 5.91 Å². The van der Waals surface area contributed by atoms with E-state index in [1.165, 1.54) is 12.8 Å². The van der Waals surface area contributed by atoms with Gasteiger partial charge in [-0.05, 0) is 50.5 Å². The first-order chi connectivity index (χ1) is 8.70. The molecule has 1 amide bonds. The maximum atomic E-state index is 12.1. The quantitative estimate of drug-likeness (QED) is 0.888. The van der Waals surface area contributed by atoms with Crippen LogP contribution < -0.4 is 10.1 Å². The zero-order chi connectivity index (χ0) is 13.0. The zero-order valence-electron chi connectivity index (χ0n) is 11.2. The number of hydrogen-bond acceptors (Lipinski definition) is 2. The highest BCUT2D eigenvalue weighted by Crippen LogP contribution is 2.21. The lowest BCUT2D eigenvalue weighted by atomic mass is 10.1. The zero-order valence-corrected chi connectivity index (χ0v) is 11.2. The second-order valence-electron chi connectivity index (χ2n) is 4.87. The molecule has 0 saturated heterocycles. The van der Waals surface area contributed by atoms with E-state index < -0.39 is 0 Å². The van der Waals surface area contributed by atoms with Gasteiger partial charge in [-0.2, -0.15) is 0 Å². The summed E-state index contributed by atoms with van der Waals surface area (Å²) in [7, 11) is 0. The molecule has 1 aromatic carbocycles. The summed E-state index contributed by atoms with van der Waals surface area (Å²) in [5.41, 5.74) is 1.73. The lowest BCUT2D eigenvalue weighted by Crippen LogP contribution is -2.32. The Hall–Kier alpha value is -1.51. The van der Waals surface area contributed by atoms with Gasteiger partial charge in [-0.1, -0.05) is 12.8 Å². The predicted octanol–water partition coefficient (Wildman–Crippen LogP) is 3.07. The van der Waals surface area contributed by atoms with Crippen molar-refractivity contribution in [1.29, 1.82) is 0 Å². The summed E-state index contributed by atoms with van der Waals surface area (Å²) in [6, 6.07) is 5.98. The predicted molar refractivity (Wildman–Crippen MR) is 72.1 cm³/mol. The third kappa shape index (κ3) is 3.03. The summed E-state index contributed by atoms with van der Waals surface area (Å²) in [6.07, 6.45) is 4.68. The van der Waals surface area contributed by atoms with Crippen LogP contribution in [0.5, 0.6) is 5.75 Å². The van der Waals surface area contributed by atoms with E-state index >= 15 is 0 Å². The number of benzene rings is 1. The minimum absolute atomic E-state index is 0.0352. The molecule has 1 fully saturated rings. The Morgan fingerprint density at radius 1 is 1.39 bits per heavy atom. The molecule has 1 N–H and O–H groups in total. The lowest BCUT2D eigenvalue weighted by molar-refractivity contribution is 0.0938. The minimum atomic E-state index is 0.0352. The first-order valence-electron chi connectivity index (χ1n) is 6.75. The second kappa shape index (κ2) is 5.89. The molecule has 0 radical (unpaired) electrons. The first kappa shape index (κ1) is 12.9. The van der Waals surface area contributed by atoms with Crippen LogP contribution in [0.15, 0.2) is 18.2 Å². The Bertz CT molecular complexity index is 423. The summed E-state index contributed by atoms with van der Waals surface area (Å²) >= 11 is 0. The molecule has 18 heavy (non-hydrogen) atoms. The number of amides is 1. The Labute approximate surface area is 109 Å². The molecule has 1 aliphatic carbocycles. The van der Waals surface area contributed by atoms with Gasteiger partial charge >= 0.3 is 0 Å². The van der Waals surface area contributed by atoms with E-state index in [2.05, 4.69) is 5.32 Å². The van der Waals surface area contributed by atoms with E-state index in [9.17, 15) is 4.79 Å². The molecule has 1 aliphatic rings. The van der Waals surface area contributed by atoms with Crippen molar-refractivity contribution in [1.82, 2.24) is 5.32 Å². The summed E-state index contributed by atoms with van der Waals surface area (Å²) in [5.74, 6) is 0.892. The molecule has 0 atom stereocenters. The van der Waals surface area contributed by atoms with Gasteiger partial charge in [-0.3, -0.25) is 4.79 Å². The summed E-state index contributed by atoms with van der Waals surface area (Å²) in [6.45, 7) is 4.58. The highest BCUT2D eigenvalue weighted by molar-refractivity contribution is 5.94. The second-order valence-corrected chi connectivity index (χ2v) is 4.87. The fourth-order valence-electron chi connectivity index (χ4n) is 2.45. The highest BCUT2D eigenvalue weighted by atomic mass is 16.5. The van der Waals surface area contributed by atoms with Gasteiger partial charge in [0.25, 0.3) is 5.91 Å². The number of ether oxygens (including phenoxy) is 1. The Balaban J connectivity index is 2.03. The normalized spacial score (nSPS) is 15.7. The number of aryl methyl sites for hydroxylation is 1. The van der Waals surface area contributed by atoms with E-state index in [0.29, 0.717) is 12.6 Å². The van der Waals surface area contributed by atoms with Gasteiger partial charge in [-0.25, -0.2) is 0 Å². The highest BCUT2D eigenvalue weighted by Gasteiger charge is 2.18. The Morgan fingerprint density at radius 3 is 2.72 bits per heavy atom. The van der Waals surface area contributed by atoms with Gasteiger partial charge in [0, 0.05) is 11.6 Å². The molecule has 3 nitrogen and oxygen atoms in total. The van der Waals surface area contributed by atoms with Crippen LogP contribution in [0.25, 0.3) is 0 Å². The number of carbonyl (C=O) groups excluding carboxylic acids is 1. The van der Waals surface area contributed by atoms with E-state index in [0.717, 1.165) is 29.7 Å². The molecule has 0 bridgehead atoms. The fourth-order valence-corrected chi connectivity index (χ4v) is 2.45. The molecule has 3 heteroatoms. The molecule has 0 spiro atoms. The summed E-state index contributed by atoms with van der Waals surface area (Å²) in [5, 5.41) is 3.09. The van der Waals surface area contributed by atoms with Crippen LogP contribution in [0.3, 0.4) is 0 Å². The van der Waals surface area contributed by atoms with Gasteiger partial charge in [-0.15, -0.1) is 0 Å². The molecule has 0 heterocycles. The molecular weight excluding hydrogens is 226 g/mol. The van der Waals surface area contributed by atoms with Crippen molar-refractivity contribution in [3.05, 3.63) is 29.3 Å². The number of rotatable bonds is 4. The number of hydrogen-bond donors (Lipinski definition) is 1. The largest absolute Gasteiger partial charge is 0.494 e. The van der Waals surface area contributed by atoms with Crippen LogP contribution in [-0.2, 0) is 0 Å². The number of nitrogens with one attached hydrogen (secondary N) is 1. The monoisotopic (exact) mass is 247 g/mol. The molecule has 0 unspecified atom stereocenters. The van der Waals surface area contributed by atoms with E-state index in [4.69, 9.17) is 4.74 Å². The smallest absolute Gasteiger partial charge is 0.251 e. The molecule has 1 aromatic rings. The fraction of sp³-hybridized carbons (Fsp3) is 0.533. The SMILES string of the molecule is CCOc1ccc(C(=O)NC2CCCC2)cc1C. The maximum absolute atomic E-state index is 12.1. The standard InChI is InChI=1S/C15H21NO2/c1-3-18-14-9-8-12(10-11(14)2)15(17)16-13-6-4-5-7-13/h8-10,13H,3-7H2,1-2H3,(H,16,17). The Kier molecular flexibility index (Phi) is 4.24. The topological polar surface area (TPSA) is 38.3 Å². The van der Waals surface area contributed by atoms with E-state index in [1.807, 2.05) is 32.0 Å². The average molecular weight is 247 g/mol. The van der Waals surface area contributed by atoms with Crippen molar-refractivity contribution in [2.24, 2.45) is 0 Å². The van der Waals surface area contributed by atoms with E-state index in [-0.39, 0.29) is 5.91 Å².